The fraction of sp³-hybridized carbons (Fsp3) is 0.900. The van der Waals surface area contributed by atoms with Gasteiger partial charge in [-0.2, -0.15) is 0 Å². The minimum atomic E-state index is 0.419. The largest absolute Gasteiger partial charge is 0.396 e. The summed E-state index contributed by atoms with van der Waals surface area (Å²) in [6.07, 6.45) is 21.5. The lowest BCUT2D eigenvalue weighted by Gasteiger charge is -2.31. The van der Waals surface area contributed by atoms with E-state index in [1.807, 2.05) is 0 Å². The Kier molecular flexibility index (Phi) is 7.85. The fourth-order valence-electron chi connectivity index (χ4n) is 4.30. The Labute approximate surface area is 132 Å². The first kappa shape index (κ1) is 17.1. The molecule has 1 N–H and O–H groups in total. The van der Waals surface area contributed by atoms with Crippen LogP contribution in [-0.2, 0) is 0 Å². The van der Waals surface area contributed by atoms with E-state index in [0.29, 0.717) is 12.5 Å². The molecule has 2 fully saturated rings. The summed E-state index contributed by atoms with van der Waals surface area (Å²) < 4.78 is 0. The average Bonchev–Trinajstić information content (AvgIpc) is 2.55. The number of hydrogen-bond donors (Lipinski definition) is 1. The second-order valence-electron chi connectivity index (χ2n) is 7.64. The molecule has 2 rings (SSSR count). The highest BCUT2D eigenvalue weighted by Crippen LogP contribution is 2.36. The standard InChI is InChI=1S/C20H36O/c1-2-3-4-5-17-6-8-18(9-7-17)10-11-19-12-14-20(16-21)15-13-19/h4-5,17-21H,2-3,6-16H2,1H3/b5-4+/t17-,18-,19-,20-. The van der Waals surface area contributed by atoms with Crippen molar-refractivity contribution in [1.29, 1.82) is 0 Å². The van der Waals surface area contributed by atoms with Crippen LogP contribution in [0.5, 0.6) is 0 Å². The molecular weight excluding hydrogens is 256 g/mol. The van der Waals surface area contributed by atoms with Gasteiger partial charge in [-0.05, 0) is 68.6 Å². The van der Waals surface area contributed by atoms with Crippen LogP contribution in [0, 0.1) is 23.7 Å². The fourth-order valence-corrected chi connectivity index (χ4v) is 4.30. The van der Waals surface area contributed by atoms with Crippen LogP contribution < -0.4 is 0 Å². The molecule has 0 amide bonds. The maximum absolute atomic E-state index is 9.21. The Bertz CT molecular complexity index is 280. The third kappa shape index (κ3) is 6.14. The molecule has 0 aromatic rings. The Hall–Kier alpha value is -0.300. The van der Waals surface area contributed by atoms with Crippen molar-refractivity contribution in [1.82, 2.24) is 0 Å². The lowest BCUT2D eigenvalue weighted by atomic mass is 9.75. The van der Waals surface area contributed by atoms with Gasteiger partial charge in [0.05, 0.1) is 0 Å². The van der Waals surface area contributed by atoms with E-state index in [0.717, 1.165) is 17.8 Å². The highest BCUT2D eigenvalue weighted by atomic mass is 16.3. The Morgan fingerprint density at radius 3 is 1.86 bits per heavy atom. The molecule has 0 bridgehead atoms. The molecule has 1 nitrogen and oxygen atoms in total. The highest BCUT2D eigenvalue weighted by Gasteiger charge is 2.23. The SMILES string of the molecule is CCC/C=C/[C@H]1CC[C@H](CC[C@H]2CC[C@H](CO)CC2)CC1. The molecule has 0 spiro atoms. The first-order valence-electron chi connectivity index (χ1n) is 9.59. The smallest absolute Gasteiger partial charge is 0.0459 e. The monoisotopic (exact) mass is 292 g/mol. The second-order valence-corrected chi connectivity index (χ2v) is 7.64. The molecular formula is C20H36O. The van der Waals surface area contributed by atoms with Gasteiger partial charge in [-0.25, -0.2) is 0 Å². The zero-order valence-corrected chi connectivity index (χ0v) is 14.1. The zero-order chi connectivity index (χ0) is 14.9. The average molecular weight is 293 g/mol. The van der Waals surface area contributed by atoms with E-state index < -0.39 is 0 Å². The Morgan fingerprint density at radius 1 is 0.810 bits per heavy atom. The van der Waals surface area contributed by atoms with Crippen LogP contribution in [0.2, 0.25) is 0 Å². The first-order chi connectivity index (χ1) is 10.3. The molecule has 2 saturated carbocycles. The molecule has 122 valence electrons. The number of hydrogen-bond acceptors (Lipinski definition) is 1. The van der Waals surface area contributed by atoms with E-state index in [1.165, 1.54) is 77.0 Å². The van der Waals surface area contributed by atoms with E-state index in [1.54, 1.807) is 0 Å². The molecule has 0 aromatic carbocycles. The second kappa shape index (κ2) is 9.66. The van der Waals surface area contributed by atoms with Gasteiger partial charge in [-0.3, -0.25) is 0 Å². The maximum Gasteiger partial charge on any atom is 0.0459 e. The molecule has 21 heavy (non-hydrogen) atoms. The van der Waals surface area contributed by atoms with Gasteiger partial charge in [0, 0.05) is 6.61 Å². The number of aliphatic hydroxyl groups excluding tert-OH is 1. The van der Waals surface area contributed by atoms with Gasteiger partial charge < -0.3 is 5.11 Å². The Morgan fingerprint density at radius 2 is 1.33 bits per heavy atom. The highest BCUT2D eigenvalue weighted by molar-refractivity contribution is 4.91. The van der Waals surface area contributed by atoms with Crippen molar-refractivity contribution in [2.24, 2.45) is 23.7 Å². The van der Waals surface area contributed by atoms with Gasteiger partial charge in [-0.1, -0.05) is 51.2 Å². The van der Waals surface area contributed by atoms with Gasteiger partial charge in [0.15, 0.2) is 0 Å². The number of unbranched alkanes of at least 4 members (excludes halogenated alkanes) is 1. The zero-order valence-electron chi connectivity index (χ0n) is 14.1. The van der Waals surface area contributed by atoms with Crippen LogP contribution in [-0.4, -0.2) is 11.7 Å². The summed E-state index contributed by atoms with van der Waals surface area (Å²) in [5.74, 6) is 3.48. The van der Waals surface area contributed by atoms with Crippen LogP contribution in [0.15, 0.2) is 12.2 Å². The minimum absolute atomic E-state index is 0.419. The van der Waals surface area contributed by atoms with Gasteiger partial charge in [0.25, 0.3) is 0 Å². The summed E-state index contributed by atoms with van der Waals surface area (Å²) in [6, 6.07) is 0. The van der Waals surface area contributed by atoms with E-state index in [2.05, 4.69) is 19.1 Å². The maximum atomic E-state index is 9.21. The Balaban J connectivity index is 1.57. The first-order valence-corrected chi connectivity index (χ1v) is 9.59. The minimum Gasteiger partial charge on any atom is -0.396 e. The van der Waals surface area contributed by atoms with Crippen LogP contribution in [0.25, 0.3) is 0 Å². The van der Waals surface area contributed by atoms with Crippen LogP contribution in [0.3, 0.4) is 0 Å². The van der Waals surface area contributed by atoms with E-state index in [-0.39, 0.29) is 0 Å². The van der Waals surface area contributed by atoms with Crippen LogP contribution >= 0.6 is 0 Å². The third-order valence-corrected chi connectivity index (χ3v) is 5.96. The summed E-state index contributed by atoms with van der Waals surface area (Å²) >= 11 is 0. The van der Waals surface area contributed by atoms with Crippen molar-refractivity contribution in [3.8, 4) is 0 Å². The van der Waals surface area contributed by atoms with Crippen molar-refractivity contribution in [2.75, 3.05) is 6.61 Å². The van der Waals surface area contributed by atoms with E-state index in [9.17, 15) is 5.11 Å². The molecule has 1 heteroatoms. The normalized spacial score (nSPS) is 34.4. The number of aliphatic hydroxyl groups is 1. The third-order valence-electron chi connectivity index (χ3n) is 5.96. The summed E-state index contributed by atoms with van der Waals surface area (Å²) in [5, 5.41) is 9.21. The summed E-state index contributed by atoms with van der Waals surface area (Å²) in [4.78, 5) is 0. The van der Waals surface area contributed by atoms with Crippen molar-refractivity contribution in [3.05, 3.63) is 12.2 Å². The van der Waals surface area contributed by atoms with Gasteiger partial charge in [0.1, 0.15) is 0 Å². The molecule has 0 atom stereocenters. The topological polar surface area (TPSA) is 20.2 Å². The van der Waals surface area contributed by atoms with Crippen LogP contribution in [0.4, 0.5) is 0 Å². The summed E-state index contributed by atoms with van der Waals surface area (Å²) in [7, 11) is 0. The van der Waals surface area contributed by atoms with Crippen LogP contribution in [0.1, 0.15) is 84.0 Å². The lowest BCUT2D eigenvalue weighted by molar-refractivity contribution is 0.158. The van der Waals surface area contributed by atoms with Crippen molar-refractivity contribution >= 4 is 0 Å². The van der Waals surface area contributed by atoms with E-state index >= 15 is 0 Å². The van der Waals surface area contributed by atoms with Crippen molar-refractivity contribution in [3.63, 3.8) is 0 Å². The lowest BCUT2D eigenvalue weighted by Crippen LogP contribution is -2.19. The van der Waals surface area contributed by atoms with Crippen molar-refractivity contribution in [2.45, 2.75) is 84.0 Å². The molecule has 0 saturated heterocycles. The molecule has 2 aliphatic carbocycles. The molecule has 0 radical (unpaired) electrons. The van der Waals surface area contributed by atoms with Gasteiger partial charge in [-0.15, -0.1) is 0 Å². The number of rotatable bonds is 7. The van der Waals surface area contributed by atoms with Gasteiger partial charge >= 0.3 is 0 Å². The molecule has 0 unspecified atom stereocenters. The number of allylic oxidation sites excluding steroid dienone is 2. The quantitative estimate of drug-likeness (QED) is 0.594. The molecule has 0 heterocycles. The molecule has 0 aromatic heterocycles. The van der Waals surface area contributed by atoms with Crippen molar-refractivity contribution < 1.29 is 5.11 Å². The molecule has 0 aliphatic heterocycles. The predicted octanol–water partition coefficient (Wildman–Crippen LogP) is 5.73. The summed E-state index contributed by atoms with van der Waals surface area (Å²) in [5.41, 5.74) is 0. The molecule has 2 aliphatic rings. The van der Waals surface area contributed by atoms with Gasteiger partial charge in [0.2, 0.25) is 0 Å². The predicted molar refractivity (Wildman–Crippen MR) is 91.3 cm³/mol. The van der Waals surface area contributed by atoms with E-state index in [4.69, 9.17) is 0 Å². The summed E-state index contributed by atoms with van der Waals surface area (Å²) in [6.45, 7) is 2.68.